The molecule has 6 heteroatoms. The fraction of sp³-hybridized carbons (Fsp3) is 0.333. The van der Waals surface area contributed by atoms with E-state index < -0.39 is 0 Å². The van der Waals surface area contributed by atoms with Gasteiger partial charge in [-0.1, -0.05) is 39.8 Å². The van der Waals surface area contributed by atoms with Gasteiger partial charge in [-0.25, -0.2) is 4.99 Å². The molecule has 0 amide bonds. The molecular weight excluding hydrogens is 350 g/mol. The molecule has 0 saturated heterocycles. The molecule has 0 bridgehead atoms. The number of hydrogen-bond acceptors (Lipinski definition) is 3. The van der Waals surface area contributed by atoms with Gasteiger partial charge in [0.1, 0.15) is 0 Å². The smallest absolute Gasteiger partial charge is 0.268 e. The standard InChI is InChI=1S/C15H16BrN3OS/c1-8(2)19-14-12(15(20)18-19)13(21-9(3)17-14)10-5-4-6-11(16)7-10/h4-8,13H,1-3H3,(H,18,20). The molecule has 0 fully saturated rings. The summed E-state index contributed by atoms with van der Waals surface area (Å²) in [6, 6.07) is 8.27. The molecule has 1 N–H and O–H groups in total. The summed E-state index contributed by atoms with van der Waals surface area (Å²) in [5, 5.41) is 3.88. The highest BCUT2D eigenvalue weighted by Gasteiger charge is 2.30. The maximum atomic E-state index is 12.4. The highest BCUT2D eigenvalue weighted by Crippen LogP contribution is 2.44. The first-order valence-corrected chi connectivity index (χ1v) is 8.46. The van der Waals surface area contributed by atoms with Crippen molar-refractivity contribution >= 4 is 38.6 Å². The first-order valence-electron chi connectivity index (χ1n) is 6.79. The van der Waals surface area contributed by atoms with Crippen LogP contribution in [0.25, 0.3) is 0 Å². The number of aromatic amines is 1. The molecule has 2 aromatic rings. The van der Waals surface area contributed by atoms with Gasteiger partial charge >= 0.3 is 0 Å². The number of rotatable bonds is 2. The van der Waals surface area contributed by atoms with E-state index in [-0.39, 0.29) is 16.9 Å². The number of aliphatic imine (C=N–C) groups is 1. The van der Waals surface area contributed by atoms with Crippen LogP contribution in [0.5, 0.6) is 0 Å². The lowest BCUT2D eigenvalue weighted by Crippen LogP contribution is -2.13. The molecule has 21 heavy (non-hydrogen) atoms. The highest BCUT2D eigenvalue weighted by atomic mass is 79.9. The largest absolute Gasteiger partial charge is 0.271 e. The van der Waals surface area contributed by atoms with Crippen LogP contribution in [0.1, 0.15) is 43.2 Å². The van der Waals surface area contributed by atoms with Gasteiger partial charge in [0.2, 0.25) is 0 Å². The van der Waals surface area contributed by atoms with Gasteiger partial charge in [-0.3, -0.25) is 14.6 Å². The Morgan fingerprint density at radius 2 is 2.19 bits per heavy atom. The Kier molecular flexibility index (Phi) is 3.84. The number of nitrogens with one attached hydrogen (secondary N) is 1. The lowest BCUT2D eigenvalue weighted by molar-refractivity contribution is 0.533. The van der Waals surface area contributed by atoms with E-state index in [2.05, 4.69) is 38.2 Å². The van der Waals surface area contributed by atoms with Gasteiger partial charge in [0.05, 0.1) is 15.9 Å². The van der Waals surface area contributed by atoms with Crippen molar-refractivity contribution in [1.82, 2.24) is 9.78 Å². The predicted octanol–water partition coefficient (Wildman–Crippen LogP) is 4.41. The van der Waals surface area contributed by atoms with Crippen molar-refractivity contribution < 1.29 is 0 Å². The molecule has 1 unspecified atom stereocenters. The first kappa shape index (κ1) is 14.7. The zero-order valence-corrected chi connectivity index (χ0v) is 14.5. The molecule has 1 aromatic carbocycles. The van der Waals surface area contributed by atoms with Gasteiger partial charge in [0.25, 0.3) is 5.56 Å². The molecule has 3 rings (SSSR count). The van der Waals surface area contributed by atoms with Crippen LogP contribution in [-0.4, -0.2) is 14.8 Å². The summed E-state index contributed by atoms with van der Waals surface area (Å²) < 4.78 is 2.87. The van der Waals surface area contributed by atoms with Crippen molar-refractivity contribution in [3.05, 3.63) is 50.2 Å². The fourth-order valence-electron chi connectivity index (χ4n) is 2.49. The van der Waals surface area contributed by atoms with Crippen molar-refractivity contribution in [1.29, 1.82) is 0 Å². The summed E-state index contributed by atoms with van der Waals surface area (Å²) in [4.78, 5) is 17.0. The molecule has 4 nitrogen and oxygen atoms in total. The van der Waals surface area contributed by atoms with Crippen LogP contribution >= 0.6 is 27.7 Å². The molecule has 1 aliphatic rings. The second-order valence-electron chi connectivity index (χ2n) is 5.33. The molecule has 110 valence electrons. The highest BCUT2D eigenvalue weighted by molar-refractivity contribution is 9.10. The molecule has 0 aliphatic carbocycles. The number of nitrogens with zero attached hydrogens (tertiary/aromatic N) is 2. The number of halogens is 1. The Morgan fingerprint density at radius 1 is 1.43 bits per heavy atom. The minimum absolute atomic E-state index is 0.0150. The normalized spacial score (nSPS) is 17.8. The number of fused-ring (bicyclic) bond motifs is 1. The van der Waals surface area contributed by atoms with Crippen LogP contribution in [0.15, 0.2) is 38.5 Å². The van der Waals surface area contributed by atoms with Crippen molar-refractivity contribution in [3.63, 3.8) is 0 Å². The SMILES string of the molecule is CC1=Nc2c(c(=O)[nH]n2C(C)C)C(c2cccc(Br)c2)S1. The number of benzene rings is 1. The Bertz CT molecular complexity index is 775. The number of thioether (sulfide) groups is 1. The molecule has 1 aliphatic heterocycles. The lowest BCUT2D eigenvalue weighted by atomic mass is 10.1. The zero-order chi connectivity index (χ0) is 15.1. The maximum Gasteiger partial charge on any atom is 0.271 e. The van der Waals surface area contributed by atoms with Crippen LogP contribution in [0.3, 0.4) is 0 Å². The van der Waals surface area contributed by atoms with Gasteiger partial charge in [-0.15, -0.1) is 0 Å². The van der Waals surface area contributed by atoms with E-state index in [0.717, 1.165) is 26.5 Å². The van der Waals surface area contributed by atoms with E-state index in [1.807, 2.05) is 37.6 Å². The quantitative estimate of drug-likeness (QED) is 0.856. The third-order valence-electron chi connectivity index (χ3n) is 3.42. The van der Waals surface area contributed by atoms with E-state index in [1.54, 1.807) is 11.8 Å². The first-order chi connectivity index (χ1) is 9.97. The second kappa shape index (κ2) is 5.50. The topological polar surface area (TPSA) is 50.1 Å². The minimum Gasteiger partial charge on any atom is -0.268 e. The lowest BCUT2D eigenvalue weighted by Gasteiger charge is -2.21. The Morgan fingerprint density at radius 3 is 2.86 bits per heavy atom. The van der Waals surface area contributed by atoms with Crippen LogP contribution in [-0.2, 0) is 0 Å². The number of H-pyrrole nitrogens is 1. The molecule has 0 radical (unpaired) electrons. The van der Waals surface area contributed by atoms with Crippen molar-refractivity contribution in [2.45, 2.75) is 32.1 Å². The zero-order valence-electron chi connectivity index (χ0n) is 12.1. The van der Waals surface area contributed by atoms with Crippen molar-refractivity contribution in [3.8, 4) is 0 Å². The summed E-state index contributed by atoms with van der Waals surface area (Å²) >= 11 is 5.13. The third kappa shape index (κ3) is 2.62. The monoisotopic (exact) mass is 365 g/mol. The molecule has 1 atom stereocenters. The predicted molar refractivity (Wildman–Crippen MR) is 91.8 cm³/mol. The number of hydrogen-bond donors (Lipinski definition) is 1. The molecular formula is C15H16BrN3OS. The Hall–Kier alpha value is -1.27. The Labute approximate surface area is 135 Å². The minimum atomic E-state index is -0.0487. The van der Waals surface area contributed by atoms with Gasteiger partial charge in [-0.05, 0) is 38.5 Å². The van der Waals surface area contributed by atoms with E-state index in [4.69, 9.17) is 0 Å². The van der Waals surface area contributed by atoms with Crippen LogP contribution in [0.2, 0.25) is 0 Å². The van der Waals surface area contributed by atoms with E-state index in [1.165, 1.54) is 0 Å². The van der Waals surface area contributed by atoms with Crippen LogP contribution < -0.4 is 5.56 Å². The van der Waals surface area contributed by atoms with Crippen molar-refractivity contribution in [2.24, 2.45) is 4.99 Å². The summed E-state index contributed by atoms with van der Waals surface area (Å²) in [6.07, 6.45) is 0. The summed E-state index contributed by atoms with van der Waals surface area (Å²) in [5.41, 5.74) is 1.81. The molecule has 0 saturated carbocycles. The molecule has 2 heterocycles. The van der Waals surface area contributed by atoms with Crippen LogP contribution in [0, 0.1) is 0 Å². The number of aromatic nitrogens is 2. The van der Waals surface area contributed by atoms with Gasteiger partial charge in [0.15, 0.2) is 5.82 Å². The third-order valence-corrected chi connectivity index (χ3v) is 5.09. The summed E-state index contributed by atoms with van der Waals surface area (Å²) in [5.74, 6) is 0.760. The summed E-state index contributed by atoms with van der Waals surface area (Å²) in [7, 11) is 0. The van der Waals surface area contributed by atoms with Crippen molar-refractivity contribution in [2.75, 3.05) is 0 Å². The van der Waals surface area contributed by atoms with E-state index in [0.29, 0.717) is 0 Å². The van der Waals surface area contributed by atoms with E-state index in [9.17, 15) is 4.79 Å². The molecule has 1 aromatic heterocycles. The Balaban J connectivity index is 2.20. The fourth-order valence-corrected chi connectivity index (χ4v) is 4.00. The van der Waals surface area contributed by atoms with Gasteiger partial charge < -0.3 is 0 Å². The summed E-state index contributed by atoms with van der Waals surface area (Å²) in [6.45, 7) is 6.06. The maximum absolute atomic E-state index is 12.4. The average molecular weight is 366 g/mol. The van der Waals surface area contributed by atoms with E-state index >= 15 is 0 Å². The second-order valence-corrected chi connectivity index (χ2v) is 7.54. The van der Waals surface area contributed by atoms with Crippen LogP contribution in [0.4, 0.5) is 5.82 Å². The van der Waals surface area contributed by atoms with Gasteiger partial charge in [0, 0.05) is 10.5 Å². The van der Waals surface area contributed by atoms with Gasteiger partial charge in [-0.2, -0.15) is 0 Å². The molecule has 0 spiro atoms. The average Bonchev–Trinajstić information content (AvgIpc) is 2.75.